The second-order valence-corrected chi connectivity index (χ2v) is 8.46. The molecule has 0 bridgehead atoms. The second kappa shape index (κ2) is 13.9. The average Bonchev–Trinajstić information content (AvgIpc) is 3.21. The van der Waals surface area contributed by atoms with Crippen molar-refractivity contribution in [2.24, 2.45) is 5.16 Å². The van der Waals surface area contributed by atoms with Crippen LogP contribution in [0.15, 0.2) is 34.8 Å². The van der Waals surface area contributed by atoms with E-state index < -0.39 is 0 Å². The molecular formula is C25H36N2O3S. The third-order valence-electron chi connectivity index (χ3n) is 5.13. The van der Waals surface area contributed by atoms with E-state index in [1.807, 2.05) is 31.4 Å². The summed E-state index contributed by atoms with van der Waals surface area (Å²) in [5.41, 5.74) is 5.70. The molecule has 0 saturated heterocycles. The molecule has 0 aliphatic rings. The lowest BCUT2D eigenvalue weighted by Crippen LogP contribution is -2.00. The van der Waals surface area contributed by atoms with Gasteiger partial charge in [-0.3, -0.25) is 0 Å². The smallest absolute Gasteiger partial charge is 0.273 e. The van der Waals surface area contributed by atoms with Crippen LogP contribution in [0.4, 0.5) is 0 Å². The monoisotopic (exact) mass is 444 g/mol. The maximum atomic E-state index is 5.79. The molecule has 0 aliphatic heterocycles. The maximum absolute atomic E-state index is 5.79. The van der Waals surface area contributed by atoms with Crippen molar-refractivity contribution in [3.8, 4) is 10.9 Å². The van der Waals surface area contributed by atoms with Crippen molar-refractivity contribution in [2.45, 2.75) is 66.2 Å². The molecule has 2 rings (SSSR count). The predicted molar refractivity (Wildman–Crippen MR) is 130 cm³/mol. The van der Waals surface area contributed by atoms with Gasteiger partial charge in [0.15, 0.2) is 0 Å². The number of benzene rings is 1. The van der Waals surface area contributed by atoms with Gasteiger partial charge in [0.05, 0.1) is 6.61 Å². The van der Waals surface area contributed by atoms with Crippen LogP contribution in [0.2, 0.25) is 0 Å². The molecule has 2 aromatic rings. The summed E-state index contributed by atoms with van der Waals surface area (Å²) < 4.78 is 11.5. The number of thiazole rings is 1. The van der Waals surface area contributed by atoms with Gasteiger partial charge in [-0.1, -0.05) is 47.9 Å². The Hall–Kier alpha value is -2.34. The Morgan fingerprint density at radius 2 is 1.77 bits per heavy atom. The van der Waals surface area contributed by atoms with Gasteiger partial charge in [0, 0.05) is 5.38 Å². The zero-order valence-electron chi connectivity index (χ0n) is 19.6. The topological polar surface area (TPSA) is 52.9 Å². The van der Waals surface area contributed by atoms with Gasteiger partial charge < -0.3 is 14.3 Å². The van der Waals surface area contributed by atoms with Crippen LogP contribution in [0.1, 0.15) is 68.3 Å². The van der Waals surface area contributed by atoms with E-state index in [1.165, 1.54) is 60.8 Å². The van der Waals surface area contributed by atoms with Crippen molar-refractivity contribution in [1.82, 2.24) is 4.98 Å². The van der Waals surface area contributed by atoms with Crippen molar-refractivity contribution in [3.63, 3.8) is 0 Å². The molecule has 0 spiro atoms. The second-order valence-electron chi connectivity index (χ2n) is 7.64. The van der Waals surface area contributed by atoms with Crippen molar-refractivity contribution in [3.05, 3.63) is 52.0 Å². The number of unbranched alkanes of at least 4 members (excludes halogenated alkanes) is 4. The largest absolute Gasteiger partial charge is 0.490 e. The molecule has 0 atom stereocenters. The summed E-state index contributed by atoms with van der Waals surface area (Å²) in [6.07, 6.45) is 11.1. The van der Waals surface area contributed by atoms with Crippen molar-refractivity contribution >= 4 is 17.0 Å². The minimum Gasteiger partial charge on any atom is -0.490 e. The quantitative estimate of drug-likeness (QED) is 0.141. The minimum absolute atomic E-state index is 0.629. The Balaban J connectivity index is 1.62. The van der Waals surface area contributed by atoms with Gasteiger partial charge in [-0.25, -0.2) is 4.98 Å². The molecule has 0 aliphatic carbocycles. The summed E-state index contributed by atoms with van der Waals surface area (Å²) >= 11 is 1.50. The van der Waals surface area contributed by atoms with Crippen LogP contribution in [0.25, 0.3) is 0 Å². The molecule has 0 N–H and O–H groups in total. The predicted octanol–water partition coefficient (Wildman–Crippen LogP) is 6.66. The highest BCUT2D eigenvalue weighted by Crippen LogP contribution is 2.24. The number of hydrogen-bond acceptors (Lipinski definition) is 6. The Morgan fingerprint density at radius 1 is 1.06 bits per heavy atom. The number of ether oxygens (including phenoxy) is 2. The highest BCUT2D eigenvalue weighted by atomic mass is 32.1. The molecule has 1 aromatic carbocycles. The van der Waals surface area contributed by atoms with Gasteiger partial charge in [-0.2, -0.15) is 0 Å². The lowest BCUT2D eigenvalue weighted by Gasteiger charge is -2.13. The molecule has 0 radical (unpaired) electrons. The van der Waals surface area contributed by atoms with E-state index in [9.17, 15) is 0 Å². The Labute approximate surface area is 191 Å². The number of hydrogen-bond donors (Lipinski definition) is 0. The summed E-state index contributed by atoms with van der Waals surface area (Å²) in [4.78, 5) is 9.21. The first-order valence-electron chi connectivity index (χ1n) is 11.1. The number of aromatic nitrogens is 1. The number of oxime groups is 1. The van der Waals surface area contributed by atoms with E-state index >= 15 is 0 Å². The summed E-state index contributed by atoms with van der Waals surface area (Å²) in [7, 11) is 1.54. The normalized spacial score (nSPS) is 11.8. The molecule has 1 aromatic heterocycles. The van der Waals surface area contributed by atoms with Gasteiger partial charge >= 0.3 is 0 Å². The highest BCUT2D eigenvalue weighted by molar-refractivity contribution is 7.11. The molecule has 0 saturated carbocycles. The molecule has 6 heteroatoms. The van der Waals surface area contributed by atoms with Crippen LogP contribution < -0.4 is 9.47 Å². The lowest BCUT2D eigenvalue weighted by molar-refractivity contribution is 0.213. The first-order valence-corrected chi connectivity index (χ1v) is 11.9. The van der Waals surface area contributed by atoms with Crippen molar-refractivity contribution in [2.75, 3.05) is 20.3 Å². The van der Waals surface area contributed by atoms with Crippen LogP contribution in [0.3, 0.4) is 0 Å². The van der Waals surface area contributed by atoms with E-state index in [2.05, 4.69) is 36.1 Å². The third kappa shape index (κ3) is 8.74. The Morgan fingerprint density at radius 3 is 2.48 bits per heavy atom. The molecule has 0 amide bonds. The fourth-order valence-corrected chi connectivity index (χ4v) is 4.18. The standard InChI is InChI=1S/C25H36N2O3S/c1-6-7-14-29-22-16-19(2)23(20(3)17-22)13-11-9-8-10-12-15-30-25-26-24(18-31-25)21(4)27-28-5/h6-7,16-18H,8-15H2,1-5H3/b7-6+,27-21+. The van der Waals surface area contributed by atoms with Crippen LogP contribution in [-0.2, 0) is 11.3 Å². The molecule has 170 valence electrons. The molecule has 5 nitrogen and oxygen atoms in total. The SMILES string of the molecule is C/C=C/COc1cc(C)c(CCCCCCCOc2nc(/C(C)=N/OC)cs2)c(C)c1. The number of allylic oxidation sites excluding steroid dienone is 1. The summed E-state index contributed by atoms with van der Waals surface area (Å²) in [6.45, 7) is 9.60. The van der Waals surface area contributed by atoms with Crippen molar-refractivity contribution in [1.29, 1.82) is 0 Å². The van der Waals surface area contributed by atoms with Gasteiger partial charge in [0.2, 0.25) is 0 Å². The van der Waals surface area contributed by atoms with Gasteiger partial charge in [-0.15, -0.1) is 0 Å². The Bertz CT molecular complexity index is 835. The number of rotatable bonds is 14. The van der Waals surface area contributed by atoms with Gasteiger partial charge in [0.1, 0.15) is 30.9 Å². The first kappa shape index (κ1) is 24.9. The van der Waals surface area contributed by atoms with Gasteiger partial charge in [-0.05, 0) is 75.8 Å². The molecule has 31 heavy (non-hydrogen) atoms. The molecule has 1 heterocycles. The highest BCUT2D eigenvalue weighted by Gasteiger charge is 2.07. The third-order valence-corrected chi connectivity index (χ3v) is 5.88. The summed E-state index contributed by atoms with van der Waals surface area (Å²) in [5.74, 6) is 0.963. The fourth-order valence-electron chi connectivity index (χ4n) is 3.44. The van der Waals surface area contributed by atoms with E-state index in [0.717, 1.165) is 30.0 Å². The van der Waals surface area contributed by atoms with E-state index in [1.54, 1.807) is 0 Å². The van der Waals surface area contributed by atoms with Crippen LogP contribution >= 0.6 is 11.3 Å². The average molecular weight is 445 g/mol. The zero-order valence-corrected chi connectivity index (χ0v) is 20.4. The first-order chi connectivity index (χ1) is 15.0. The van der Waals surface area contributed by atoms with E-state index in [-0.39, 0.29) is 0 Å². The van der Waals surface area contributed by atoms with Crippen LogP contribution in [0.5, 0.6) is 10.9 Å². The van der Waals surface area contributed by atoms with Gasteiger partial charge in [0.25, 0.3) is 5.19 Å². The Kier molecular flexibility index (Phi) is 11.1. The number of nitrogens with zero attached hydrogens (tertiary/aromatic N) is 2. The lowest BCUT2D eigenvalue weighted by atomic mass is 9.96. The van der Waals surface area contributed by atoms with Crippen LogP contribution in [-0.4, -0.2) is 31.0 Å². The number of aryl methyl sites for hydroxylation is 2. The van der Waals surface area contributed by atoms with Crippen molar-refractivity contribution < 1.29 is 14.3 Å². The summed E-state index contributed by atoms with van der Waals surface area (Å²) in [6, 6.07) is 4.33. The fraction of sp³-hybridized carbons (Fsp3) is 0.520. The van der Waals surface area contributed by atoms with E-state index in [0.29, 0.717) is 18.4 Å². The van der Waals surface area contributed by atoms with E-state index in [4.69, 9.17) is 14.3 Å². The zero-order chi connectivity index (χ0) is 22.5. The minimum atomic E-state index is 0.629. The molecule has 0 unspecified atom stereocenters. The molecule has 0 fully saturated rings. The molecular weight excluding hydrogens is 408 g/mol. The maximum Gasteiger partial charge on any atom is 0.273 e. The van der Waals surface area contributed by atoms with Crippen LogP contribution in [0, 0.1) is 13.8 Å². The summed E-state index contributed by atoms with van der Waals surface area (Å²) in [5, 5.41) is 6.54.